The Bertz CT molecular complexity index is 282. The fraction of sp³-hybridized carbons (Fsp3) is 0.125. The van der Waals surface area contributed by atoms with Gasteiger partial charge in [-0.25, -0.2) is 5.84 Å². The first-order chi connectivity index (χ1) is 6.29. The van der Waals surface area contributed by atoms with Gasteiger partial charge in [-0.05, 0) is 0 Å². The summed E-state index contributed by atoms with van der Waals surface area (Å²) in [4.78, 5) is 0. The molecule has 1 rings (SSSR count). The topological polar surface area (TPSA) is 93.7 Å². The predicted octanol–water partition coefficient (Wildman–Crippen LogP) is -0.601. The SMILES string of the molecule is NCN(N)/C(=N\N)c1ccccc1. The van der Waals surface area contributed by atoms with E-state index < -0.39 is 0 Å². The molecule has 0 heterocycles. The van der Waals surface area contributed by atoms with Crippen LogP contribution in [0.5, 0.6) is 0 Å². The molecule has 0 amide bonds. The van der Waals surface area contributed by atoms with Crippen LogP contribution in [0.15, 0.2) is 35.4 Å². The molecule has 0 radical (unpaired) electrons. The molecular weight excluding hydrogens is 166 g/mol. The third-order valence-corrected chi connectivity index (χ3v) is 1.62. The molecule has 0 bridgehead atoms. The Morgan fingerprint density at radius 2 is 1.92 bits per heavy atom. The van der Waals surface area contributed by atoms with Crippen molar-refractivity contribution in [2.24, 2.45) is 22.5 Å². The van der Waals surface area contributed by atoms with Crippen LogP contribution in [0, 0.1) is 0 Å². The van der Waals surface area contributed by atoms with Crippen LogP contribution in [0.3, 0.4) is 0 Å². The van der Waals surface area contributed by atoms with Gasteiger partial charge < -0.3 is 11.6 Å². The zero-order valence-corrected chi connectivity index (χ0v) is 7.22. The molecule has 0 atom stereocenters. The van der Waals surface area contributed by atoms with Crippen molar-refractivity contribution in [3.63, 3.8) is 0 Å². The number of hydrazine groups is 1. The van der Waals surface area contributed by atoms with Gasteiger partial charge in [0.1, 0.15) is 0 Å². The Hall–Kier alpha value is -1.59. The molecular formula is C8H13N5. The number of hydrogen-bond donors (Lipinski definition) is 3. The molecule has 0 fully saturated rings. The Balaban J connectivity index is 2.93. The van der Waals surface area contributed by atoms with Crippen molar-refractivity contribution in [3.05, 3.63) is 35.9 Å². The summed E-state index contributed by atoms with van der Waals surface area (Å²) in [5, 5.41) is 4.85. The van der Waals surface area contributed by atoms with Crippen LogP contribution < -0.4 is 17.4 Å². The van der Waals surface area contributed by atoms with Gasteiger partial charge in [0.05, 0.1) is 6.67 Å². The van der Waals surface area contributed by atoms with Crippen LogP contribution in [0.4, 0.5) is 0 Å². The highest BCUT2D eigenvalue weighted by Gasteiger charge is 2.06. The minimum absolute atomic E-state index is 0.172. The van der Waals surface area contributed by atoms with E-state index in [1.54, 1.807) is 0 Å². The number of amidine groups is 1. The first-order valence-electron chi connectivity index (χ1n) is 3.85. The van der Waals surface area contributed by atoms with Gasteiger partial charge >= 0.3 is 0 Å². The summed E-state index contributed by atoms with van der Waals surface area (Å²) in [7, 11) is 0. The fourth-order valence-electron chi connectivity index (χ4n) is 0.988. The van der Waals surface area contributed by atoms with Crippen LogP contribution in [-0.4, -0.2) is 17.5 Å². The normalized spacial score (nSPS) is 11.4. The third-order valence-electron chi connectivity index (χ3n) is 1.62. The second kappa shape index (κ2) is 4.44. The van der Waals surface area contributed by atoms with Gasteiger partial charge in [0.2, 0.25) is 0 Å². The van der Waals surface area contributed by atoms with E-state index in [-0.39, 0.29) is 6.67 Å². The minimum atomic E-state index is 0.172. The molecule has 5 nitrogen and oxygen atoms in total. The molecule has 70 valence electrons. The number of benzene rings is 1. The Kier molecular flexibility index (Phi) is 3.24. The van der Waals surface area contributed by atoms with E-state index in [0.29, 0.717) is 5.84 Å². The Morgan fingerprint density at radius 3 is 2.38 bits per heavy atom. The smallest absolute Gasteiger partial charge is 0.170 e. The molecule has 5 heteroatoms. The Morgan fingerprint density at radius 1 is 1.31 bits per heavy atom. The van der Waals surface area contributed by atoms with Crippen molar-refractivity contribution < 1.29 is 0 Å². The van der Waals surface area contributed by atoms with Gasteiger partial charge in [-0.3, -0.25) is 5.01 Å². The maximum Gasteiger partial charge on any atom is 0.170 e. The summed E-state index contributed by atoms with van der Waals surface area (Å²) in [6.45, 7) is 0.172. The molecule has 0 aliphatic heterocycles. The molecule has 1 aromatic rings. The van der Waals surface area contributed by atoms with Crippen molar-refractivity contribution in [1.82, 2.24) is 5.01 Å². The summed E-state index contributed by atoms with van der Waals surface area (Å²) in [5.41, 5.74) is 6.20. The van der Waals surface area contributed by atoms with Gasteiger partial charge in [0.15, 0.2) is 5.84 Å². The van der Waals surface area contributed by atoms with E-state index in [9.17, 15) is 0 Å². The van der Waals surface area contributed by atoms with Gasteiger partial charge in [0.25, 0.3) is 0 Å². The summed E-state index contributed by atoms with van der Waals surface area (Å²) < 4.78 is 0. The summed E-state index contributed by atoms with van der Waals surface area (Å²) in [6.07, 6.45) is 0. The second-order valence-electron chi connectivity index (χ2n) is 2.47. The predicted molar refractivity (Wildman–Crippen MR) is 52.2 cm³/mol. The maximum absolute atomic E-state index is 5.56. The van der Waals surface area contributed by atoms with E-state index in [2.05, 4.69) is 5.10 Å². The summed E-state index contributed by atoms with van der Waals surface area (Å²) in [5.74, 6) is 11.2. The molecule has 0 aliphatic carbocycles. The highest BCUT2D eigenvalue weighted by Crippen LogP contribution is 2.01. The van der Waals surface area contributed by atoms with Crippen molar-refractivity contribution in [3.8, 4) is 0 Å². The van der Waals surface area contributed by atoms with Crippen molar-refractivity contribution in [1.29, 1.82) is 0 Å². The molecule has 0 aliphatic rings. The largest absolute Gasteiger partial charge is 0.321 e. The number of rotatable bonds is 2. The van der Waals surface area contributed by atoms with E-state index in [0.717, 1.165) is 5.56 Å². The number of hydrazone groups is 1. The first kappa shape index (κ1) is 9.50. The van der Waals surface area contributed by atoms with Gasteiger partial charge in [-0.2, -0.15) is 5.10 Å². The molecule has 0 saturated carbocycles. The second-order valence-corrected chi connectivity index (χ2v) is 2.47. The van der Waals surface area contributed by atoms with Crippen molar-refractivity contribution >= 4 is 5.84 Å². The Labute approximate surface area is 76.8 Å². The molecule has 6 N–H and O–H groups in total. The molecule has 0 aromatic heterocycles. The minimum Gasteiger partial charge on any atom is -0.321 e. The molecule has 0 unspecified atom stereocenters. The molecule has 0 saturated heterocycles. The lowest BCUT2D eigenvalue weighted by Gasteiger charge is -2.17. The van der Waals surface area contributed by atoms with Gasteiger partial charge in [-0.1, -0.05) is 30.3 Å². The van der Waals surface area contributed by atoms with Crippen molar-refractivity contribution in [2.75, 3.05) is 6.67 Å². The lowest BCUT2D eigenvalue weighted by molar-refractivity contribution is 0.453. The van der Waals surface area contributed by atoms with Gasteiger partial charge in [-0.15, -0.1) is 0 Å². The quantitative estimate of drug-likeness (QED) is 0.186. The van der Waals surface area contributed by atoms with E-state index in [1.807, 2.05) is 30.3 Å². The van der Waals surface area contributed by atoms with E-state index >= 15 is 0 Å². The molecule has 0 spiro atoms. The van der Waals surface area contributed by atoms with Crippen LogP contribution in [0.25, 0.3) is 0 Å². The van der Waals surface area contributed by atoms with Gasteiger partial charge in [0, 0.05) is 5.56 Å². The third kappa shape index (κ3) is 2.17. The van der Waals surface area contributed by atoms with E-state index in [1.165, 1.54) is 5.01 Å². The average molecular weight is 179 g/mol. The monoisotopic (exact) mass is 179 g/mol. The van der Waals surface area contributed by atoms with E-state index in [4.69, 9.17) is 17.4 Å². The standard InChI is InChI=1S/C8H13N5/c9-6-13(11)8(12-10)7-4-2-1-3-5-7/h1-5H,6,9-11H2/b12-8-. The maximum atomic E-state index is 5.56. The number of hydrogen-bond acceptors (Lipinski definition) is 4. The zero-order chi connectivity index (χ0) is 9.68. The van der Waals surface area contributed by atoms with Crippen molar-refractivity contribution in [2.45, 2.75) is 0 Å². The summed E-state index contributed by atoms with van der Waals surface area (Å²) in [6, 6.07) is 9.39. The number of nitrogens with zero attached hydrogens (tertiary/aromatic N) is 2. The van der Waals surface area contributed by atoms with Crippen LogP contribution >= 0.6 is 0 Å². The fourth-order valence-corrected chi connectivity index (χ4v) is 0.988. The molecule has 1 aromatic carbocycles. The lowest BCUT2D eigenvalue weighted by Crippen LogP contribution is -2.42. The average Bonchev–Trinajstić information content (AvgIpc) is 2.20. The van der Waals surface area contributed by atoms with Crippen LogP contribution in [-0.2, 0) is 0 Å². The van der Waals surface area contributed by atoms with Crippen LogP contribution in [0.2, 0.25) is 0 Å². The summed E-state index contributed by atoms with van der Waals surface area (Å²) >= 11 is 0. The zero-order valence-electron chi connectivity index (χ0n) is 7.22. The number of nitrogens with two attached hydrogens (primary N) is 3. The first-order valence-corrected chi connectivity index (χ1v) is 3.85. The lowest BCUT2D eigenvalue weighted by atomic mass is 10.2. The highest BCUT2D eigenvalue weighted by atomic mass is 15.5. The highest BCUT2D eigenvalue weighted by molar-refractivity contribution is 5.98. The van der Waals surface area contributed by atoms with Crippen LogP contribution in [0.1, 0.15) is 5.56 Å². The molecule has 13 heavy (non-hydrogen) atoms.